The van der Waals surface area contributed by atoms with Crippen molar-refractivity contribution in [2.24, 2.45) is 10.8 Å². The molecule has 4 amide bonds. The Hall–Kier alpha value is -5.06. The Morgan fingerprint density at radius 1 is 1.02 bits per heavy atom. The number of hydrogen-bond donors (Lipinski definition) is 2. The van der Waals surface area contributed by atoms with E-state index in [-0.39, 0.29) is 65.6 Å². The second kappa shape index (κ2) is 16.7. The van der Waals surface area contributed by atoms with E-state index < -0.39 is 17.8 Å². The fourth-order valence-electron chi connectivity index (χ4n) is 9.54. The van der Waals surface area contributed by atoms with E-state index in [2.05, 4.69) is 54.3 Å². The lowest BCUT2D eigenvalue weighted by molar-refractivity contribution is -0.164. The highest BCUT2D eigenvalue weighted by Crippen LogP contribution is 2.55. The minimum absolute atomic E-state index is 0.141. The summed E-state index contributed by atoms with van der Waals surface area (Å²) in [6.45, 7) is 12.5. The molecule has 1 aliphatic carbocycles. The molecule has 3 aliphatic heterocycles. The molecule has 0 radical (unpaired) electrons. The molecule has 0 spiro atoms. The molecule has 7 rings (SSSR count). The SMILES string of the molecule is CC1(C)[C@H](NC(=O)c2ccc(CCCCCCN3CCN(c4cc5c(cc4F)C(=O)N([C@H]4CCC(=O)NC4=O)C5)CC3)nc2)C(C)(C)[C@H]1Oc1ccc(C#N)c(Cl)c1. The standard InChI is InChI=1S/C44H51ClFN7O5/c1-43(2)41(44(3,4)42(43)58-31-13-11-27(24-47)33(45)22-31)50-38(55)28-10-12-30(48-25-28)9-7-5-6-8-16-51-17-19-52(20-18-51)36-21-29-26-53(40(57)32(29)23-34(36)46)35-14-15-37(54)49-39(35)56/h10-13,21-23,25,35,41-42H,5-9,14-20,26H2,1-4H3,(H,50,55)(H,49,54,56)/t35-,41-,42-/m0/s1. The lowest BCUT2D eigenvalue weighted by Gasteiger charge is -2.63. The van der Waals surface area contributed by atoms with E-state index in [0.29, 0.717) is 46.2 Å². The number of nitrogens with zero attached hydrogens (tertiary/aromatic N) is 5. The third kappa shape index (κ3) is 8.27. The highest BCUT2D eigenvalue weighted by atomic mass is 35.5. The Labute approximate surface area is 344 Å². The molecule has 3 aromatic rings. The molecule has 4 heterocycles. The second-order valence-corrected chi connectivity index (χ2v) is 17.6. The lowest BCUT2D eigenvalue weighted by Crippen LogP contribution is -2.74. The first-order valence-corrected chi connectivity index (χ1v) is 20.6. The number of ether oxygens (including phenoxy) is 1. The summed E-state index contributed by atoms with van der Waals surface area (Å²) >= 11 is 6.23. The number of imide groups is 1. The summed E-state index contributed by atoms with van der Waals surface area (Å²) in [5.41, 5.74) is 2.62. The van der Waals surface area contributed by atoms with Crippen molar-refractivity contribution in [3.05, 3.63) is 87.4 Å². The number of nitrogens with one attached hydrogen (secondary N) is 2. The van der Waals surface area contributed by atoms with E-state index in [1.807, 2.05) is 17.0 Å². The van der Waals surface area contributed by atoms with Crippen LogP contribution in [0.15, 0.2) is 48.7 Å². The first kappa shape index (κ1) is 41.1. The van der Waals surface area contributed by atoms with E-state index in [4.69, 9.17) is 16.3 Å². The van der Waals surface area contributed by atoms with Gasteiger partial charge in [0.1, 0.15) is 29.8 Å². The summed E-state index contributed by atoms with van der Waals surface area (Å²) in [6, 6.07) is 13.1. The summed E-state index contributed by atoms with van der Waals surface area (Å²) in [4.78, 5) is 60.8. The molecule has 58 heavy (non-hydrogen) atoms. The topological polar surface area (TPSA) is 148 Å². The van der Waals surface area contributed by atoms with E-state index in [0.717, 1.165) is 57.4 Å². The van der Waals surface area contributed by atoms with Gasteiger partial charge in [-0.05, 0) is 74.2 Å². The second-order valence-electron chi connectivity index (χ2n) is 17.2. The Kier molecular flexibility index (Phi) is 11.8. The largest absolute Gasteiger partial charge is 0.489 e. The van der Waals surface area contributed by atoms with Crippen LogP contribution in [0.5, 0.6) is 5.75 Å². The van der Waals surface area contributed by atoms with Gasteiger partial charge in [0.2, 0.25) is 11.8 Å². The molecular weight excluding hydrogens is 761 g/mol. The number of anilines is 1. The van der Waals surface area contributed by atoms with Gasteiger partial charge in [-0.15, -0.1) is 0 Å². The average Bonchev–Trinajstić information content (AvgIpc) is 3.51. The number of fused-ring (bicyclic) bond motifs is 1. The minimum atomic E-state index is -0.726. The van der Waals surface area contributed by atoms with E-state index in [1.54, 1.807) is 30.5 Å². The van der Waals surface area contributed by atoms with Gasteiger partial charge in [-0.1, -0.05) is 52.1 Å². The smallest absolute Gasteiger partial charge is 0.255 e. The Bertz CT molecular complexity index is 2110. The molecule has 3 fully saturated rings. The monoisotopic (exact) mass is 811 g/mol. The van der Waals surface area contributed by atoms with Crippen LogP contribution >= 0.6 is 11.6 Å². The van der Waals surface area contributed by atoms with Gasteiger partial charge in [0.05, 0.1) is 21.8 Å². The molecule has 1 atom stereocenters. The number of carbonyl (C=O) groups excluding carboxylic acids is 4. The van der Waals surface area contributed by atoms with Crippen molar-refractivity contribution >= 4 is 40.9 Å². The normalized spacial score (nSPS) is 22.5. The predicted molar refractivity (Wildman–Crippen MR) is 217 cm³/mol. The molecule has 2 aromatic carbocycles. The average molecular weight is 812 g/mol. The maximum Gasteiger partial charge on any atom is 0.255 e. The van der Waals surface area contributed by atoms with Gasteiger partial charge in [0.15, 0.2) is 0 Å². The number of hydrogen-bond acceptors (Lipinski definition) is 9. The molecule has 2 saturated heterocycles. The van der Waals surface area contributed by atoms with Crippen LogP contribution in [-0.2, 0) is 22.6 Å². The number of pyridine rings is 1. The number of aromatic nitrogens is 1. The zero-order valence-corrected chi connectivity index (χ0v) is 34.3. The van der Waals surface area contributed by atoms with E-state index >= 15 is 4.39 Å². The maximum atomic E-state index is 15.3. The van der Waals surface area contributed by atoms with Gasteiger partial charge in [-0.25, -0.2) is 4.39 Å². The first-order valence-electron chi connectivity index (χ1n) is 20.2. The van der Waals surface area contributed by atoms with Gasteiger partial charge in [0, 0.05) is 79.5 Å². The fraction of sp³-hybridized carbons (Fsp3) is 0.500. The molecule has 14 heteroatoms. The summed E-state index contributed by atoms with van der Waals surface area (Å²) in [5.74, 6) is -1.21. The number of amides is 4. The number of unbranched alkanes of at least 4 members (excludes halogenated alkanes) is 3. The van der Waals surface area contributed by atoms with Crippen LogP contribution in [0.4, 0.5) is 10.1 Å². The zero-order valence-electron chi connectivity index (χ0n) is 33.6. The summed E-state index contributed by atoms with van der Waals surface area (Å²) < 4.78 is 21.7. The number of benzene rings is 2. The van der Waals surface area contributed by atoms with Crippen molar-refractivity contribution in [1.82, 2.24) is 25.4 Å². The number of nitriles is 1. The van der Waals surface area contributed by atoms with Crippen molar-refractivity contribution < 1.29 is 28.3 Å². The lowest BCUT2D eigenvalue weighted by atomic mass is 9.49. The van der Waals surface area contributed by atoms with Gasteiger partial charge in [-0.2, -0.15) is 5.26 Å². The molecule has 0 unspecified atom stereocenters. The Morgan fingerprint density at radius 2 is 1.76 bits per heavy atom. The molecule has 306 valence electrons. The first-order chi connectivity index (χ1) is 27.7. The highest BCUT2D eigenvalue weighted by molar-refractivity contribution is 6.31. The zero-order chi connectivity index (χ0) is 41.4. The summed E-state index contributed by atoms with van der Waals surface area (Å²) in [7, 11) is 0. The summed E-state index contributed by atoms with van der Waals surface area (Å²) in [5, 5.41) is 15.1. The van der Waals surface area contributed by atoms with Gasteiger partial charge < -0.3 is 19.9 Å². The number of carbonyl (C=O) groups is 4. The molecule has 0 bridgehead atoms. The fourth-order valence-corrected chi connectivity index (χ4v) is 9.76. The Morgan fingerprint density at radius 3 is 2.43 bits per heavy atom. The third-order valence-corrected chi connectivity index (χ3v) is 12.8. The number of piperidine rings is 1. The Balaban J connectivity index is 0.801. The summed E-state index contributed by atoms with van der Waals surface area (Å²) in [6.07, 6.45) is 6.98. The van der Waals surface area contributed by atoms with Crippen molar-refractivity contribution in [3.63, 3.8) is 0 Å². The van der Waals surface area contributed by atoms with Crippen molar-refractivity contribution in [2.45, 2.75) is 97.4 Å². The molecule has 2 N–H and O–H groups in total. The number of rotatable bonds is 13. The quantitative estimate of drug-likeness (QED) is 0.156. The molecule has 1 aromatic heterocycles. The van der Waals surface area contributed by atoms with Crippen LogP contribution in [0.2, 0.25) is 5.02 Å². The van der Waals surface area contributed by atoms with Crippen LogP contribution in [0.25, 0.3) is 0 Å². The van der Waals surface area contributed by atoms with Gasteiger partial charge in [-0.3, -0.25) is 34.4 Å². The van der Waals surface area contributed by atoms with Crippen LogP contribution in [0.1, 0.15) is 104 Å². The number of halogens is 2. The van der Waals surface area contributed by atoms with E-state index in [9.17, 15) is 24.4 Å². The maximum absolute atomic E-state index is 15.3. The number of piperazine rings is 1. The number of aryl methyl sites for hydroxylation is 1. The van der Waals surface area contributed by atoms with E-state index in [1.165, 1.54) is 11.0 Å². The predicted octanol–water partition coefficient (Wildman–Crippen LogP) is 6.04. The van der Waals surface area contributed by atoms with Crippen LogP contribution in [0.3, 0.4) is 0 Å². The van der Waals surface area contributed by atoms with Crippen LogP contribution in [0, 0.1) is 28.0 Å². The molecule has 12 nitrogen and oxygen atoms in total. The molecule has 4 aliphatic rings. The van der Waals surface area contributed by atoms with Gasteiger partial charge in [0.25, 0.3) is 11.8 Å². The third-order valence-electron chi connectivity index (χ3n) is 12.5. The van der Waals surface area contributed by atoms with Crippen molar-refractivity contribution in [3.8, 4) is 11.8 Å². The van der Waals surface area contributed by atoms with Gasteiger partial charge >= 0.3 is 0 Å². The van der Waals surface area contributed by atoms with Crippen LogP contribution < -0.4 is 20.3 Å². The minimum Gasteiger partial charge on any atom is -0.489 e. The molecule has 1 saturated carbocycles. The van der Waals surface area contributed by atoms with Crippen molar-refractivity contribution in [2.75, 3.05) is 37.6 Å². The van der Waals surface area contributed by atoms with Crippen molar-refractivity contribution in [1.29, 1.82) is 5.26 Å². The molecular formula is C44H51ClFN7O5. The van der Waals surface area contributed by atoms with Crippen LogP contribution in [-0.4, -0.2) is 89.3 Å². The highest BCUT2D eigenvalue weighted by Gasteiger charge is 2.64.